The summed E-state index contributed by atoms with van der Waals surface area (Å²) in [6.07, 6.45) is 0.550. The Bertz CT molecular complexity index is 551. The van der Waals surface area contributed by atoms with E-state index in [2.05, 4.69) is 15.5 Å². The number of anilines is 1. The molecule has 2 rings (SSSR count). The van der Waals surface area contributed by atoms with Crippen LogP contribution in [-0.2, 0) is 6.42 Å². The lowest BCUT2D eigenvalue weighted by Crippen LogP contribution is -2.09. The molecule has 0 aliphatic rings. The molecule has 0 saturated carbocycles. The number of hydrogen-bond donors (Lipinski definition) is 2. The third-order valence-electron chi connectivity index (χ3n) is 2.38. The number of para-hydroxylation sites is 1. The van der Waals surface area contributed by atoms with Crippen molar-refractivity contribution in [2.45, 2.75) is 13.3 Å². The highest BCUT2D eigenvalue weighted by atomic mass is 16.5. The molecule has 6 heteroatoms. The van der Waals surface area contributed by atoms with Gasteiger partial charge in [-0.15, -0.1) is 0 Å². The van der Waals surface area contributed by atoms with Crippen molar-refractivity contribution in [3.63, 3.8) is 0 Å². The van der Waals surface area contributed by atoms with E-state index < -0.39 is 5.97 Å². The van der Waals surface area contributed by atoms with Crippen LogP contribution in [0.1, 0.15) is 22.1 Å². The van der Waals surface area contributed by atoms with Crippen LogP contribution in [0.3, 0.4) is 0 Å². The highest BCUT2D eigenvalue weighted by Crippen LogP contribution is 2.14. The second kappa shape index (κ2) is 5.31. The summed E-state index contributed by atoms with van der Waals surface area (Å²) in [7, 11) is 0. The molecule has 2 N–H and O–H groups in total. The highest BCUT2D eigenvalue weighted by Gasteiger charge is 2.08. The first-order valence-electron chi connectivity index (χ1n) is 5.52. The number of benzene rings is 1. The van der Waals surface area contributed by atoms with Gasteiger partial charge in [0.2, 0.25) is 5.89 Å². The Balaban J connectivity index is 1.96. The SMILES string of the molecule is Cc1noc(CCNc2ccccc2C(=O)O)n1. The first-order valence-corrected chi connectivity index (χ1v) is 5.52. The van der Waals surface area contributed by atoms with Crippen LogP contribution in [0.4, 0.5) is 5.69 Å². The van der Waals surface area contributed by atoms with Crippen LogP contribution >= 0.6 is 0 Å². The van der Waals surface area contributed by atoms with Gasteiger partial charge in [0.15, 0.2) is 5.82 Å². The topological polar surface area (TPSA) is 88.2 Å². The van der Waals surface area contributed by atoms with Crippen LogP contribution < -0.4 is 5.32 Å². The van der Waals surface area contributed by atoms with Crippen LogP contribution in [0.5, 0.6) is 0 Å². The molecule has 18 heavy (non-hydrogen) atoms. The molecule has 0 bridgehead atoms. The van der Waals surface area contributed by atoms with E-state index in [1.807, 2.05) is 0 Å². The molecule has 94 valence electrons. The summed E-state index contributed by atoms with van der Waals surface area (Å²) in [5.74, 6) is 0.176. The lowest BCUT2D eigenvalue weighted by molar-refractivity contribution is 0.0698. The molecule has 0 aliphatic heterocycles. The molecular formula is C12H13N3O3. The van der Waals surface area contributed by atoms with Gasteiger partial charge in [-0.05, 0) is 19.1 Å². The number of carboxylic acid groups (broad SMARTS) is 1. The molecule has 0 amide bonds. The van der Waals surface area contributed by atoms with Crippen molar-refractivity contribution in [3.8, 4) is 0 Å². The summed E-state index contributed by atoms with van der Waals surface area (Å²) in [6.45, 7) is 2.28. The van der Waals surface area contributed by atoms with Crippen LogP contribution in [0.2, 0.25) is 0 Å². The Morgan fingerprint density at radius 2 is 2.22 bits per heavy atom. The number of aryl methyl sites for hydroxylation is 1. The Morgan fingerprint density at radius 1 is 1.44 bits per heavy atom. The zero-order chi connectivity index (χ0) is 13.0. The second-order valence-corrected chi connectivity index (χ2v) is 3.76. The summed E-state index contributed by atoms with van der Waals surface area (Å²) >= 11 is 0. The molecule has 1 aromatic heterocycles. The minimum absolute atomic E-state index is 0.249. The fourth-order valence-corrected chi connectivity index (χ4v) is 1.57. The van der Waals surface area contributed by atoms with Gasteiger partial charge in [-0.1, -0.05) is 17.3 Å². The van der Waals surface area contributed by atoms with Crippen LogP contribution in [0, 0.1) is 6.92 Å². The third-order valence-corrected chi connectivity index (χ3v) is 2.38. The second-order valence-electron chi connectivity index (χ2n) is 3.76. The van der Waals surface area contributed by atoms with Gasteiger partial charge < -0.3 is 14.9 Å². The minimum Gasteiger partial charge on any atom is -0.478 e. The van der Waals surface area contributed by atoms with Crippen molar-refractivity contribution < 1.29 is 14.4 Å². The smallest absolute Gasteiger partial charge is 0.337 e. The Labute approximate surface area is 104 Å². The molecule has 0 radical (unpaired) electrons. The first-order chi connectivity index (χ1) is 8.66. The van der Waals surface area contributed by atoms with Crippen LogP contribution in [-0.4, -0.2) is 27.8 Å². The molecule has 0 aliphatic carbocycles. The van der Waals surface area contributed by atoms with E-state index in [9.17, 15) is 4.79 Å². The van der Waals surface area contributed by atoms with E-state index in [0.717, 1.165) is 0 Å². The predicted octanol–water partition coefficient (Wildman–Crippen LogP) is 1.73. The quantitative estimate of drug-likeness (QED) is 0.836. The maximum Gasteiger partial charge on any atom is 0.337 e. The number of nitrogens with zero attached hydrogens (tertiary/aromatic N) is 2. The Morgan fingerprint density at radius 3 is 2.89 bits per heavy atom. The van der Waals surface area contributed by atoms with Crippen molar-refractivity contribution in [2.75, 3.05) is 11.9 Å². The van der Waals surface area contributed by atoms with Gasteiger partial charge >= 0.3 is 5.97 Å². The third kappa shape index (κ3) is 2.85. The van der Waals surface area contributed by atoms with Gasteiger partial charge in [-0.2, -0.15) is 4.98 Å². The summed E-state index contributed by atoms with van der Waals surface area (Å²) in [6, 6.07) is 6.76. The summed E-state index contributed by atoms with van der Waals surface area (Å²) in [5.41, 5.74) is 0.834. The van der Waals surface area contributed by atoms with Crippen molar-refractivity contribution >= 4 is 11.7 Å². The maximum atomic E-state index is 11.0. The Kier molecular flexibility index (Phi) is 3.57. The van der Waals surface area contributed by atoms with Crippen LogP contribution in [0.15, 0.2) is 28.8 Å². The van der Waals surface area contributed by atoms with Gasteiger partial charge in [-0.25, -0.2) is 4.79 Å². The monoisotopic (exact) mass is 247 g/mol. The molecule has 0 unspecified atom stereocenters. The molecule has 0 saturated heterocycles. The average Bonchev–Trinajstić information content (AvgIpc) is 2.75. The zero-order valence-electron chi connectivity index (χ0n) is 9.88. The predicted molar refractivity (Wildman–Crippen MR) is 64.6 cm³/mol. The summed E-state index contributed by atoms with van der Waals surface area (Å²) in [5, 5.41) is 15.7. The summed E-state index contributed by atoms with van der Waals surface area (Å²) < 4.78 is 4.96. The van der Waals surface area contributed by atoms with Gasteiger partial charge in [0, 0.05) is 18.7 Å². The van der Waals surface area contributed by atoms with Crippen molar-refractivity contribution in [1.82, 2.24) is 10.1 Å². The first kappa shape index (κ1) is 12.1. The molecule has 0 atom stereocenters. The standard InChI is InChI=1S/C12H13N3O3/c1-8-14-11(18-15-8)6-7-13-10-5-3-2-4-9(10)12(16)17/h2-5,13H,6-7H2,1H3,(H,16,17). The normalized spacial score (nSPS) is 10.3. The number of hydrogen-bond acceptors (Lipinski definition) is 5. The van der Waals surface area contributed by atoms with E-state index in [4.69, 9.17) is 9.63 Å². The highest BCUT2D eigenvalue weighted by molar-refractivity contribution is 5.94. The van der Waals surface area contributed by atoms with Gasteiger partial charge in [0.25, 0.3) is 0 Å². The lowest BCUT2D eigenvalue weighted by atomic mass is 10.2. The van der Waals surface area contributed by atoms with Crippen molar-refractivity contribution in [2.24, 2.45) is 0 Å². The van der Waals surface area contributed by atoms with Gasteiger partial charge in [0.05, 0.1) is 5.56 Å². The number of carboxylic acids is 1. The van der Waals surface area contributed by atoms with Crippen LogP contribution in [0.25, 0.3) is 0 Å². The van der Waals surface area contributed by atoms with E-state index in [-0.39, 0.29) is 5.56 Å². The lowest BCUT2D eigenvalue weighted by Gasteiger charge is -2.07. The molecule has 0 fully saturated rings. The largest absolute Gasteiger partial charge is 0.478 e. The molecular weight excluding hydrogens is 234 g/mol. The van der Waals surface area contributed by atoms with E-state index in [1.165, 1.54) is 0 Å². The van der Waals surface area contributed by atoms with E-state index in [0.29, 0.717) is 30.4 Å². The number of rotatable bonds is 5. The van der Waals surface area contributed by atoms with Gasteiger partial charge in [0.1, 0.15) is 0 Å². The van der Waals surface area contributed by atoms with Crippen molar-refractivity contribution in [3.05, 3.63) is 41.5 Å². The minimum atomic E-state index is -0.952. The number of aromatic carboxylic acids is 1. The number of carbonyl (C=O) groups is 1. The zero-order valence-corrected chi connectivity index (χ0v) is 9.88. The van der Waals surface area contributed by atoms with Gasteiger partial charge in [-0.3, -0.25) is 0 Å². The molecule has 1 aromatic carbocycles. The van der Waals surface area contributed by atoms with E-state index >= 15 is 0 Å². The summed E-state index contributed by atoms with van der Waals surface area (Å²) in [4.78, 5) is 15.0. The average molecular weight is 247 g/mol. The molecule has 0 spiro atoms. The molecule has 6 nitrogen and oxygen atoms in total. The van der Waals surface area contributed by atoms with Crippen molar-refractivity contribution in [1.29, 1.82) is 0 Å². The maximum absolute atomic E-state index is 11.0. The Hall–Kier alpha value is -2.37. The number of aromatic nitrogens is 2. The van der Waals surface area contributed by atoms with E-state index in [1.54, 1.807) is 31.2 Å². The fourth-order valence-electron chi connectivity index (χ4n) is 1.57. The molecule has 2 aromatic rings. The number of nitrogens with one attached hydrogen (secondary N) is 1. The molecule has 1 heterocycles. The fraction of sp³-hybridized carbons (Fsp3) is 0.250.